The van der Waals surface area contributed by atoms with E-state index in [-0.39, 0.29) is 65.9 Å². The predicted molar refractivity (Wildman–Crippen MR) is 269 cm³/mol. The van der Waals surface area contributed by atoms with Crippen molar-refractivity contribution in [1.29, 1.82) is 0 Å². The highest BCUT2D eigenvalue weighted by atomic mass is 35.5. The van der Waals surface area contributed by atoms with Crippen molar-refractivity contribution < 1.29 is 37.8 Å². The fraction of sp³-hybridized carbons (Fsp3) is 0.464. The van der Waals surface area contributed by atoms with Gasteiger partial charge in [0, 0.05) is 96.1 Å². The smallest absolute Gasteiger partial charge is 0.255 e. The topological polar surface area (TPSA) is 163 Å². The third-order valence-corrected chi connectivity index (χ3v) is 16.9. The SMILES string of the molecule is COc1cc2c(cn1)[C@]1(CN2)[C@@H](c2cccc(Cl)c2F)[C@H](C(=O)N2C[C@H](C)Oc3cc(C(=O)N4CCC[C@@H](CC#Cc5cccc6c5CN([C@H]5CCC(=O)NC5=O)C6=O)C4)ccc32)N[C@]12CCCC(C)(C)C2. The number of hydrogen-bond acceptors (Lipinski definition) is 10. The maximum Gasteiger partial charge on any atom is 0.255 e. The standard InChI is InChI=1S/C56H59ClFN7O7/c1-32-27-64(53(70)49-47(37-15-7-16-40(57)48(37)58)56(55(62-49)22-9-21-54(2,3)30-55)31-60-41-25-46(71-4)59-26-39(41)56)42-18-17-35(24-44(42)72-32)51(68)63-23-8-11-33(28-63)10-5-12-34-13-6-14-36-38(34)29-65(52(36)69)43-19-20-45(66)61-50(43)67/h6-7,13-18,24-26,32-33,43,47,49,60,62H,8-11,19-23,27-31H2,1-4H3,(H,61,66,67)/t32-,33+,43-,47-,49+,55-,56+/m0/s1. The number of aromatic nitrogens is 1. The molecule has 0 unspecified atom stereocenters. The molecule has 4 aromatic rings. The minimum atomic E-state index is -0.882. The summed E-state index contributed by atoms with van der Waals surface area (Å²) in [6.07, 6.45) is 7.58. The summed E-state index contributed by atoms with van der Waals surface area (Å²) in [4.78, 5) is 77.7. The lowest BCUT2D eigenvalue weighted by atomic mass is 9.53. The molecule has 3 aromatic carbocycles. The molecule has 2 spiro atoms. The van der Waals surface area contributed by atoms with Crippen molar-refractivity contribution in [3.63, 3.8) is 0 Å². The van der Waals surface area contributed by atoms with E-state index >= 15 is 9.18 Å². The first-order valence-electron chi connectivity index (χ1n) is 25.3. The summed E-state index contributed by atoms with van der Waals surface area (Å²) in [5, 5.41) is 9.98. The number of carbonyl (C=O) groups excluding carboxylic acids is 5. The van der Waals surface area contributed by atoms with Gasteiger partial charge in [0.25, 0.3) is 11.8 Å². The molecule has 11 rings (SSSR count). The highest BCUT2D eigenvalue weighted by Crippen LogP contribution is 2.64. The number of piperidine rings is 2. The second-order valence-electron chi connectivity index (χ2n) is 21.7. The lowest BCUT2D eigenvalue weighted by Gasteiger charge is -2.52. The molecule has 1 aliphatic carbocycles. The number of halogens is 2. The molecular weight excluding hydrogens is 937 g/mol. The fourth-order valence-corrected chi connectivity index (χ4v) is 13.7. The van der Waals surface area contributed by atoms with Crippen LogP contribution in [0.3, 0.4) is 0 Å². The van der Waals surface area contributed by atoms with Crippen LogP contribution in [0.25, 0.3) is 0 Å². The molecule has 6 aliphatic heterocycles. The Morgan fingerprint density at radius 3 is 2.67 bits per heavy atom. The normalized spacial score (nSPS) is 28.1. The molecular formula is C56H59ClFN7O7. The quantitative estimate of drug-likeness (QED) is 0.130. The third kappa shape index (κ3) is 7.96. The molecule has 1 saturated carbocycles. The number of rotatable bonds is 6. The van der Waals surface area contributed by atoms with Crippen molar-refractivity contribution in [3.05, 3.63) is 111 Å². The maximum atomic E-state index is 16.8. The van der Waals surface area contributed by atoms with Gasteiger partial charge in [-0.1, -0.05) is 61.9 Å². The Morgan fingerprint density at radius 1 is 1.03 bits per heavy atom. The molecule has 7 atom stereocenters. The average molecular weight is 997 g/mol. The molecule has 0 radical (unpaired) electrons. The Labute approximate surface area is 423 Å². The first-order valence-corrected chi connectivity index (χ1v) is 25.6. The van der Waals surface area contributed by atoms with E-state index < -0.39 is 46.8 Å². The summed E-state index contributed by atoms with van der Waals surface area (Å²) in [7, 11) is 1.58. The monoisotopic (exact) mass is 995 g/mol. The number of anilines is 2. The Kier molecular flexibility index (Phi) is 12.1. The average Bonchev–Trinajstić information content (AvgIpc) is 4.00. The van der Waals surface area contributed by atoms with Crippen LogP contribution in [0.5, 0.6) is 11.6 Å². The third-order valence-electron chi connectivity index (χ3n) is 16.6. The van der Waals surface area contributed by atoms with Crippen LogP contribution < -0.4 is 30.3 Å². The van der Waals surface area contributed by atoms with Gasteiger partial charge in [-0.15, -0.1) is 0 Å². The molecule has 14 nitrogen and oxygen atoms in total. The van der Waals surface area contributed by atoms with Crippen LogP contribution in [0.2, 0.25) is 5.02 Å². The first kappa shape index (κ1) is 47.8. The minimum absolute atomic E-state index is 0.0105. The zero-order valence-corrected chi connectivity index (χ0v) is 41.8. The number of methoxy groups -OCH3 is 1. The van der Waals surface area contributed by atoms with E-state index in [0.717, 1.165) is 60.9 Å². The summed E-state index contributed by atoms with van der Waals surface area (Å²) in [5.74, 6) is 4.98. The summed E-state index contributed by atoms with van der Waals surface area (Å²) >= 11 is 6.60. The van der Waals surface area contributed by atoms with E-state index in [4.69, 9.17) is 26.1 Å². The van der Waals surface area contributed by atoms with Gasteiger partial charge in [0.05, 0.1) is 30.4 Å². The number of imide groups is 1. The second-order valence-corrected chi connectivity index (χ2v) is 22.1. The van der Waals surface area contributed by atoms with Crippen LogP contribution in [-0.4, -0.2) is 101 Å². The zero-order valence-electron chi connectivity index (χ0n) is 41.0. The summed E-state index contributed by atoms with van der Waals surface area (Å²) in [6, 6.07) is 16.1. The lowest BCUT2D eigenvalue weighted by Crippen LogP contribution is -2.61. The number of fused-ring (bicyclic) bond motifs is 5. The molecule has 72 heavy (non-hydrogen) atoms. The largest absolute Gasteiger partial charge is 0.487 e. The highest BCUT2D eigenvalue weighted by Gasteiger charge is 2.70. The van der Waals surface area contributed by atoms with Gasteiger partial charge in [0.2, 0.25) is 23.6 Å². The van der Waals surface area contributed by atoms with E-state index in [1.54, 1.807) is 60.5 Å². The molecule has 4 fully saturated rings. The number of likely N-dealkylation sites (tertiary alicyclic amines) is 1. The number of amides is 5. The first-order chi connectivity index (χ1) is 34.6. The van der Waals surface area contributed by atoms with E-state index in [1.807, 2.05) is 30.2 Å². The lowest BCUT2D eigenvalue weighted by molar-refractivity contribution is -0.137. The highest BCUT2D eigenvalue weighted by molar-refractivity contribution is 6.30. The van der Waals surface area contributed by atoms with E-state index in [0.29, 0.717) is 60.1 Å². The van der Waals surface area contributed by atoms with Gasteiger partial charge < -0.3 is 29.5 Å². The Balaban J connectivity index is 0.849. The van der Waals surface area contributed by atoms with Crippen molar-refractivity contribution in [2.45, 2.75) is 120 Å². The summed E-state index contributed by atoms with van der Waals surface area (Å²) in [5.41, 5.74) is 3.59. The van der Waals surface area contributed by atoms with Crippen LogP contribution >= 0.6 is 11.6 Å². The van der Waals surface area contributed by atoms with Crippen LogP contribution in [0.15, 0.2) is 66.9 Å². The van der Waals surface area contributed by atoms with Gasteiger partial charge in [-0.3, -0.25) is 34.6 Å². The zero-order chi connectivity index (χ0) is 50.3. The molecule has 3 N–H and O–H groups in total. The molecule has 16 heteroatoms. The molecule has 5 amide bonds. The number of hydrogen-bond donors (Lipinski definition) is 3. The Morgan fingerprint density at radius 2 is 1.86 bits per heavy atom. The summed E-state index contributed by atoms with van der Waals surface area (Å²) in [6.45, 7) is 8.47. The number of carbonyl (C=O) groups is 5. The van der Waals surface area contributed by atoms with Gasteiger partial charge in [-0.05, 0) is 104 Å². The molecule has 0 bridgehead atoms. The van der Waals surface area contributed by atoms with Gasteiger partial charge in [0.1, 0.15) is 23.7 Å². The molecule has 7 heterocycles. The molecule has 374 valence electrons. The maximum absolute atomic E-state index is 16.8. The molecule has 1 aromatic heterocycles. The van der Waals surface area contributed by atoms with E-state index in [9.17, 15) is 19.2 Å². The molecule has 3 saturated heterocycles. The molecule has 7 aliphatic rings. The van der Waals surface area contributed by atoms with E-state index in [1.165, 1.54) is 4.90 Å². The van der Waals surface area contributed by atoms with Gasteiger partial charge in [0.15, 0.2) is 0 Å². The van der Waals surface area contributed by atoms with Gasteiger partial charge in [-0.2, -0.15) is 0 Å². The van der Waals surface area contributed by atoms with Gasteiger partial charge in [-0.25, -0.2) is 9.37 Å². The minimum Gasteiger partial charge on any atom is -0.487 e. The predicted octanol–water partition coefficient (Wildman–Crippen LogP) is 7.51. The van der Waals surface area contributed by atoms with Crippen molar-refractivity contribution >= 4 is 52.5 Å². The number of pyridine rings is 1. The fourth-order valence-electron chi connectivity index (χ4n) is 13.5. The number of ether oxygens (including phenoxy) is 2. The number of nitrogens with zero attached hydrogens (tertiary/aromatic N) is 4. The van der Waals surface area contributed by atoms with Gasteiger partial charge >= 0.3 is 0 Å². The van der Waals surface area contributed by atoms with E-state index in [2.05, 4.69) is 41.6 Å². The van der Waals surface area contributed by atoms with Crippen LogP contribution in [-0.2, 0) is 26.3 Å². The number of nitrogens with one attached hydrogen (secondary N) is 3. The Hall–Kier alpha value is -6.50. The van der Waals surface area contributed by atoms with Crippen LogP contribution in [0.1, 0.15) is 127 Å². The number of benzene rings is 3. The van der Waals surface area contributed by atoms with Crippen molar-refractivity contribution in [2.24, 2.45) is 11.3 Å². The van der Waals surface area contributed by atoms with Crippen molar-refractivity contribution in [3.8, 4) is 23.5 Å². The second kappa shape index (κ2) is 18.2. The van der Waals surface area contributed by atoms with Crippen LogP contribution in [0, 0.1) is 29.0 Å². The van der Waals surface area contributed by atoms with Crippen LogP contribution in [0.4, 0.5) is 15.8 Å². The Bertz CT molecular complexity index is 3010. The van der Waals surface area contributed by atoms with Crippen molar-refractivity contribution in [2.75, 3.05) is 43.5 Å². The van der Waals surface area contributed by atoms with Crippen molar-refractivity contribution in [1.82, 2.24) is 25.4 Å². The summed E-state index contributed by atoms with van der Waals surface area (Å²) < 4.78 is 28.8.